The third kappa shape index (κ3) is 2.34. The number of rotatable bonds is 3. The van der Waals surface area contributed by atoms with E-state index in [2.05, 4.69) is 0 Å². The largest absolute Gasteiger partial charge is 0.305 e. The summed E-state index contributed by atoms with van der Waals surface area (Å²) < 4.78 is 17.9. The van der Waals surface area contributed by atoms with Gasteiger partial charge in [0.15, 0.2) is 0 Å². The quantitative estimate of drug-likeness (QED) is 0.531. The molecule has 0 radical (unpaired) electrons. The summed E-state index contributed by atoms with van der Waals surface area (Å²) in [5, 5.41) is 1.72. The van der Waals surface area contributed by atoms with Crippen LogP contribution in [0, 0.1) is 0 Å². The van der Waals surface area contributed by atoms with E-state index in [1.165, 1.54) is 0 Å². The van der Waals surface area contributed by atoms with E-state index in [0.29, 0.717) is 0 Å². The van der Waals surface area contributed by atoms with Crippen LogP contribution in [0.3, 0.4) is 0 Å². The zero-order valence-electron chi connectivity index (χ0n) is 12.2. The van der Waals surface area contributed by atoms with Crippen LogP contribution >= 0.6 is 7.14 Å². The standard InChI is InChI=1S/C17H18N2OP/c1-18-13-17(19(2)14-18)21(20,15-9-5-3-6-10-15)16-11-7-4-8-12-16/h3-14H,1-2H3/q+1. The van der Waals surface area contributed by atoms with Gasteiger partial charge in [0.2, 0.25) is 18.9 Å². The van der Waals surface area contributed by atoms with Crippen molar-refractivity contribution in [2.24, 2.45) is 14.1 Å². The Morgan fingerprint density at radius 1 is 0.905 bits per heavy atom. The lowest BCUT2D eigenvalue weighted by molar-refractivity contribution is -0.670. The Balaban J connectivity index is 2.31. The van der Waals surface area contributed by atoms with Crippen molar-refractivity contribution in [3.8, 4) is 0 Å². The molecule has 0 N–H and O–H groups in total. The Morgan fingerprint density at radius 2 is 1.38 bits per heavy atom. The highest BCUT2D eigenvalue weighted by Crippen LogP contribution is 2.41. The van der Waals surface area contributed by atoms with Gasteiger partial charge in [-0.3, -0.25) is 0 Å². The van der Waals surface area contributed by atoms with Gasteiger partial charge in [-0.25, -0.2) is 9.13 Å². The lowest BCUT2D eigenvalue weighted by Crippen LogP contribution is -2.30. The number of hydrogen-bond acceptors (Lipinski definition) is 1. The van der Waals surface area contributed by atoms with Crippen LogP contribution in [-0.4, -0.2) is 4.57 Å². The smallest absolute Gasteiger partial charge is 0.243 e. The van der Waals surface area contributed by atoms with Crippen LogP contribution < -0.4 is 20.6 Å². The van der Waals surface area contributed by atoms with Crippen molar-refractivity contribution >= 4 is 23.2 Å². The van der Waals surface area contributed by atoms with Crippen LogP contribution in [-0.2, 0) is 18.7 Å². The van der Waals surface area contributed by atoms with E-state index in [0.717, 1.165) is 16.0 Å². The van der Waals surface area contributed by atoms with Crippen molar-refractivity contribution in [2.75, 3.05) is 0 Å². The van der Waals surface area contributed by atoms with Crippen molar-refractivity contribution in [3.05, 3.63) is 73.2 Å². The van der Waals surface area contributed by atoms with Crippen molar-refractivity contribution in [1.29, 1.82) is 0 Å². The fourth-order valence-electron chi connectivity index (χ4n) is 2.63. The Labute approximate surface area is 124 Å². The molecule has 4 heteroatoms. The van der Waals surface area contributed by atoms with Crippen LogP contribution in [0.1, 0.15) is 0 Å². The van der Waals surface area contributed by atoms with Crippen LogP contribution in [0.5, 0.6) is 0 Å². The number of imidazole rings is 1. The SMILES string of the molecule is Cn1c[n+](C)cc1P(=O)(c1ccccc1)c1ccccc1. The van der Waals surface area contributed by atoms with Gasteiger partial charge in [-0.1, -0.05) is 60.7 Å². The van der Waals surface area contributed by atoms with E-state index in [1.54, 1.807) is 0 Å². The second-order valence-electron chi connectivity index (χ2n) is 5.16. The molecule has 0 amide bonds. The summed E-state index contributed by atoms with van der Waals surface area (Å²) >= 11 is 0. The molecule has 0 aliphatic carbocycles. The summed E-state index contributed by atoms with van der Waals surface area (Å²) in [4.78, 5) is 0. The number of hydrogen-bond donors (Lipinski definition) is 0. The van der Waals surface area contributed by atoms with E-state index in [-0.39, 0.29) is 0 Å². The molecule has 0 saturated carbocycles. The van der Waals surface area contributed by atoms with Gasteiger partial charge in [0.1, 0.15) is 6.20 Å². The highest BCUT2D eigenvalue weighted by molar-refractivity contribution is 7.85. The molecule has 0 aliphatic rings. The fourth-order valence-corrected chi connectivity index (χ4v) is 5.48. The molecule has 0 saturated heterocycles. The molecule has 0 fully saturated rings. The first kappa shape index (κ1) is 13.8. The van der Waals surface area contributed by atoms with Gasteiger partial charge in [-0.05, 0) is 0 Å². The van der Waals surface area contributed by atoms with E-state index in [9.17, 15) is 4.57 Å². The summed E-state index contributed by atoms with van der Waals surface area (Å²) in [6.07, 6.45) is 3.88. The molecule has 0 bridgehead atoms. The molecule has 21 heavy (non-hydrogen) atoms. The maximum atomic E-state index is 14.0. The Kier molecular flexibility index (Phi) is 3.52. The van der Waals surface area contributed by atoms with Crippen molar-refractivity contribution in [3.63, 3.8) is 0 Å². The van der Waals surface area contributed by atoms with Gasteiger partial charge < -0.3 is 4.57 Å². The first-order chi connectivity index (χ1) is 10.1. The highest BCUT2D eigenvalue weighted by Gasteiger charge is 2.36. The first-order valence-electron chi connectivity index (χ1n) is 6.86. The number of benzene rings is 2. The van der Waals surface area contributed by atoms with E-state index in [1.807, 2.05) is 96.4 Å². The van der Waals surface area contributed by atoms with Crippen LogP contribution in [0.25, 0.3) is 0 Å². The van der Waals surface area contributed by atoms with Crippen LogP contribution in [0.2, 0.25) is 0 Å². The lowest BCUT2D eigenvalue weighted by atomic mass is 10.4. The van der Waals surface area contributed by atoms with Crippen molar-refractivity contribution < 1.29 is 9.13 Å². The van der Waals surface area contributed by atoms with Gasteiger partial charge in [0.25, 0.3) is 0 Å². The van der Waals surface area contributed by atoms with Crippen molar-refractivity contribution in [2.45, 2.75) is 0 Å². The molecule has 3 rings (SSSR count). The molecule has 0 spiro atoms. The Bertz CT molecular complexity index is 751. The predicted molar refractivity (Wildman–Crippen MR) is 86.0 cm³/mol. The van der Waals surface area contributed by atoms with Crippen LogP contribution in [0.4, 0.5) is 0 Å². The van der Waals surface area contributed by atoms with E-state index < -0.39 is 7.14 Å². The first-order valence-corrected chi connectivity index (χ1v) is 8.56. The van der Waals surface area contributed by atoms with Gasteiger partial charge in [0, 0.05) is 10.6 Å². The molecule has 3 nitrogen and oxygen atoms in total. The lowest BCUT2D eigenvalue weighted by Gasteiger charge is -2.16. The molecule has 0 atom stereocenters. The van der Waals surface area contributed by atoms with Crippen LogP contribution in [0.15, 0.2) is 73.2 Å². The summed E-state index contributed by atoms with van der Waals surface area (Å²) in [5.41, 5.74) is 0.836. The number of aryl methyl sites for hydroxylation is 2. The van der Waals surface area contributed by atoms with Gasteiger partial charge in [-0.15, -0.1) is 0 Å². The topological polar surface area (TPSA) is 25.9 Å². The number of nitrogens with zero attached hydrogens (tertiary/aromatic N) is 2. The summed E-state index contributed by atoms with van der Waals surface area (Å²) in [5.74, 6) is 0. The summed E-state index contributed by atoms with van der Waals surface area (Å²) in [6.45, 7) is 0. The minimum atomic E-state index is -2.85. The van der Waals surface area contributed by atoms with E-state index >= 15 is 0 Å². The molecular formula is C17H18N2OP+. The summed E-state index contributed by atoms with van der Waals surface area (Å²) in [7, 11) is 1.04. The molecule has 3 aromatic rings. The van der Waals surface area contributed by atoms with Gasteiger partial charge in [-0.2, -0.15) is 0 Å². The molecule has 106 valence electrons. The maximum absolute atomic E-state index is 14.0. The molecule has 2 aromatic carbocycles. The average molecular weight is 297 g/mol. The maximum Gasteiger partial charge on any atom is 0.243 e. The molecule has 1 aromatic heterocycles. The average Bonchev–Trinajstić information content (AvgIpc) is 2.87. The fraction of sp³-hybridized carbons (Fsp3) is 0.118. The Hall–Kier alpha value is -2.12. The Morgan fingerprint density at radius 3 is 1.76 bits per heavy atom. The predicted octanol–water partition coefficient (Wildman–Crippen LogP) is 1.49. The van der Waals surface area contributed by atoms with Gasteiger partial charge >= 0.3 is 0 Å². The zero-order chi connectivity index (χ0) is 14.9. The molecule has 0 unspecified atom stereocenters. The monoisotopic (exact) mass is 297 g/mol. The minimum Gasteiger partial charge on any atom is -0.305 e. The highest BCUT2D eigenvalue weighted by atomic mass is 31.2. The summed E-state index contributed by atoms with van der Waals surface area (Å²) in [6, 6.07) is 19.4. The minimum absolute atomic E-state index is 0.836. The zero-order valence-corrected chi connectivity index (χ0v) is 13.1. The second-order valence-corrected chi connectivity index (χ2v) is 7.87. The number of aromatic nitrogens is 2. The molecule has 0 aliphatic heterocycles. The van der Waals surface area contributed by atoms with Crippen molar-refractivity contribution in [1.82, 2.24) is 4.57 Å². The molecule has 1 heterocycles. The molecular weight excluding hydrogens is 279 g/mol. The van der Waals surface area contributed by atoms with Gasteiger partial charge in [0.05, 0.1) is 14.1 Å². The third-order valence-corrected chi connectivity index (χ3v) is 6.72. The second kappa shape index (κ2) is 5.34. The third-order valence-electron chi connectivity index (χ3n) is 3.60. The normalized spacial score (nSPS) is 11.5. The van der Waals surface area contributed by atoms with E-state index in [4.69, 9.17) is 0 Å².